The SMILES string of the molecule is Cc1ccccc1OCCNC(=O)CCc1nc2c([nH]1)c(=O)[nH]c(=O)n2C. The zero-order chi connectivity index (χ0) is 19.4. The number of aryl methyl sites for hydroxylation is 3. The van der Waals surface area contributed by atoms with E-state index in [1.54, 1.807) is 0 Å². The van der Waals surface area contributed by atoms with Gasteiger partial charge in [-0.15, -0.1) is 0 Å². The number of imidazole rings is 1. The number of nitrogens with zero attached hydrogens (tertiary/aromatic N) is 2. The number of aromatic nitrogens is 4. The molecule has 0 aliphatic rings. The topological polar surface area (TPSA) is 122 Å². The van der Waals surface area contributed by atoms with Gasteiger partial charge in [0.1, 0.15) is 23.7 Å². The van der Waals surface area contributed by atoms with Crippen LogP contribution in [-0.4, -0.2) is 38.6 Å². The summed E-state index contributed by atoms with van der Waals surface area (Å²) in [7, 11) is 1.52. The average molecular weight is 371 g/mol. The van der Waals surface area contributed by atoms with Crippen molar-refractivity contribution in [1.82, 2.24) is 24.8 Å². The molecule has 0 aliphatic heterocycles. The van der Waals surface area contributed by atoms with Crippen molar-refractivity contribution in [2.75, 3.05) is 13.2 Å². The molecule has 27 heavy (non-hydrogen) atoms. The fourth-order valence-corrected chi connectivity index (χ4v) is 2.66. The third-order valence-corrected chi connectivity index (χ3v) is 4.17. The van der Waals surface area contributed by atoms with Gasteiger partial charge in [0.05, 0.1) is 6.54 Å². The van der Waals surface area contributed by atoms with Gasteiger partial charge in [-0.2, -0.15) is 0 Å². The third kappa shape index (κ3) is 4.25. The molecule has 0 unspecified atom stereocenters. The first-order valence-corrected chi connectivity index (χ1v) is 8.58. The number of H-pyrrole nitrogens is 2. The van der Waals surface area contributed by atoms with E-state index >= 15 is 0 Å². The molecule has 0 fully saturated rings. The van der Waals surface area contributed by atoms with Crippen LogP contribution in [0.25, 0.3) is 11.2 Å². The van der Waals surface area contributed by atoms with Crippen LogP contribution in [0.3, 0.4) is 0 Å². The van der Waals surface area contributed by atoms with Gasteiger partial charge < -0.3 is 15.0 Å². The lowest BCUT2D eigenvalue weighted by Gasteiger charge is -2.09. The number of ether oxygens (including phenoxy) is 1. The third-order valence-electron chi connectivity index (χ3n) is 4.17. The Balaban J connectivity index is 1.49. The summed E-state index contributed by atoms with van der Waals surface area (Å²) in [5.74, 6) is 1.12. The molecule has 0 radical (unpaired) electrons. The summed E-state index contributed by atoms with van der Waals surface area (Å²) in [6.45, 7) is 2.72. The number of hydrogen-bond donors (Lipinski definition) is 3. The van der Waals surface area contributed by atoms with Gasteiger partial charge in [-0.1, -0.05) is 18.2 Å². The van der Waals surface area contributed by atoms with Gasteiger partial charge in [0.15, 0.2) is 5.65 Å². The summed E-state index contributed by atoms with van der Waals surface area (Å²) < 4.78 is 6.87. The highest BCUT2D eigenvalue weighted by atomic mass is 16.5. The van der Waals surface area contributed by atoms with Crippen molar-refractivity contribution < 1.29 is 9.53 Å². The van der Waals surface area contributed by atoms with Gasteiger partial charge in [-0.25, -0.2) is 9.78 Å². The standard InChI is InChI=1S/C18H21N5O4/c1-11-5-3-4-6-12(11)27-10-9-19-14(24)8-7-13-20-15-16(21-13)23(2)18(26)22-17(15)25/h3-6H,7-10H2,1-2H3,(H,19,24)(H,20,21)(H,22,25,26). The molecule has 0 bridgehead atoms. The Morgan fingerprint density at radius 1 is 1.26 bits per heavy atom. The van der Waals surface area contributed by atoms with E-state index in [2.05, 4.69) is 20.3 Å². The largest absolute Gasteiger partial charge is 0.491 e. The number of carbonyl (C=O) groups is 1. The highest BCUT2D eigenvalue weighted by Gasteiger charge is 2.11. The van der Waals surface area contributed by atoms with Gasteiger partial charge in [0.25, 0.3) is 5.56 Å². The van der Waals surface area contributed by atoms with Gasteiger partial charge in [-0.05, 0) is 18.6 Å². The van der Waals surface area contributed by atoms with Crippen molar-refractivity contribution >= 4 is 17.1 Å². The number of rotatable bonds is 7. The molecule has 9 nitrogen and oxygen atoms in total. The van der Waals surface area contributed by atoms with Crippen molar-refractivity contribution in [3.8, 4) is 5.75 Å². The second-order valence-electron chi connectivity index (χ2n) is 6.16. The molecule has 0 aliphatic carbocycles. The second kappa shape index (κ2) is 7.90. The average Bonchev–Trinajstić information content (AvgIpc) is 3.08. The molecular weight excluding hydrogens is 350 g/mol. The van der Waals surface area contributed by atoms with E-state index in [1.165, 1.54) is 11.6 Å². The Kier molecular flexibility index (Phi) is 5.39. The summed E-state index contributed by atoms with van der Waals surface area (Å²) in [5.41, 5.74) is 0.477. The molecule has 3 rings (SSSR count). The monoisotopic (exact) mass is 371 g/mol. The Hall–Kier alpha value is -3.36. The normalized spacial score (nSPS) is 10.9. The van der Waals surface area contributed by atoms with E-state index in [0.717, 1.165) is 11.3 Å². The van der Waals surface area contributed by atoms with E-state index in [0.29, 0.717) is 25.4 Å². The van der Waals surface area contributed by atoms with Crippen molar-refractivity contribution in [2.45, 2.75) is 19.8 Å². The zero-order valence-corrected chi connectivity index (χ0v) is 15.2. The van der Waals surface area contributed by atoms with Gasteiger partial charge >= 0.3 is 5.69 Å². The van der Waals surface area contributed by atoms with Gasteiger partial charge in [0, 0.05) is 19.9 Å². The van der Waals surface area contributed by atoms with E-state index in [-0.39, 0.29) is 23.5 Å². The minimum absolute atomic E-state index is 0.147. The summed E-state index contributed by atoms with van der Waals surface area (Å²) in [4.78, 5) is 44.6. The molecule has 0 saturated carbocycles. The number of fused-ring (bicyclic) bond motifs is 1. The number of aromatic amines is 2. The lowest BCUT2D eigenvalue weighted by molar-refractivity contribution is -0.121. The molecule has 3 aromatic rings. The van der Waals surface area contributed by atoms with E-state index < -0.39 is 11.2 Å². The first kappa shape index (κ1) is 18.4. The Morgan fingerprint density at radius 2 is 2.04 bits per heavy atom. The summed E-state index contributed by atoms with van der Waals surface area (Å²) in [5, 5.41) is 2.78. The second-order valence-corrected chi connectivity index (χ2v) is 6.16. The molecule has 1 amide bonds. The van der Waals surface area contributed by atoms with E-state index in [1.807, 2.05) is 31.2 Å². The minimum Gasteiger partial charge on any atom is -0.491 e. The van der Waals surface area contributed by atoms with Crippen molar-refractivity contribution in [3.05, 3.63) is 56.5 Å². The predicted octanol–water partition coefficient (Wildman–Crippen LogP) is 0.386. The molecular formula is C18H21N5O4. The van der Waals surface area contributed by atoms with E-state index in [9.17, 15) is 14.4 Å². The summed E-state index contributed by atoms with van der Waals surface area (Å²) in [6.07, 6.45) is 0.531. The van der Waals surface area contributed by atoms with Gasteiger partial charge in [-0.3, -0.25) is 19.1 Å². The molecule has 0 saturated heterocycles. The first-order valence-electron chi connectivity index (χ1n) is 8.58. The van der Waals surface area contributed by atoms with Crippen LogP contribution in [0.5, 0.6) is 5.75 Å². The van der Waals surface area contributed by atoms with Crippen molar-refractivity contribution in [1.29, 1.82) is 0 Å². The Bertz CT molecular complexity index is 1080. The highest BCUT2D eigenvalue weighted by molar-refractivity contribution is 5.76. The number of nitrogens with one attached hydrogen (secondary N) is 3. The maximum atomic E-state index is 12.0. The molecule has 9 heteroatoms. The van der Waals surface area contributed by atoms with Crippen LogP contribution in [0, 0.1) is 6.92 Å². The number of carbonyl (C=O) groups excluding carboxylic acids is 1. The predicted molar refractivity (Wildman–Crippen MR) is 100.0 cm³/mol. The lowest BCUT2D eigenvalue weighted by Crippen LogP contribution is -2.28. The number of benzene rings is 1. The van der Waals surface area contributed by atoms with E-state index in [4.69, 9.17) is 4.74 Å². The lowest BCUT2D eigenvalue weighted by atomic mass is 10.2. The maximum absolute atomic E-state index is 12.0. The molecule has 2 aromatic heterocycles. The molecule has 142 valence electrons. The van der Waals surface area contributed by atoms with Gasteiger partial charge in [0.2, 0.25) is 5.91 Å². The van der Waals surface area contributed by atoms with Crippen molar-refractivity contribution in [3.63, 3.8) is 0 Å². The van der Waals surface area contributed by atoms with Crippen LogP contribution in [0.15, 0.2) is 33.9 Å². The number of amides is 1. The fourth-order valence-electron chi connectivity index (χ4n) is 2.66. The van der Waals surface area contributed by atoms with Crippen LogP contribution in [0.4, 0.5) is 0 Å². The zero-order valence-electron chi connectivity index (χ0n) is 15.2. The molecule has 0 atom stereocenters. The summed E-state index contributed by atoms with van der Waals surface area (Å²) in [6, 6.07) is 7.68. The van der Waals surface area contributed by atoms with Crippen LogP contribution in [0.2, 0.25) is 0 Å². The molecule has 1 aromatic carbocycles. The fraction of sp³-hybridized carbons (Fsp3) is 0.333. The first-order chi connectivity index (χ1) is 13.0. The van der Waals surface area contributed by atoms with Crippen molar-refractivity contribution in [2.24, 2.45) is 7.05 Å². The Labute approximate surface area is 154 Å². The van der Waals surface area contributed by atoms with Crippen LogP contribution >= 0.6 is 0 Å². The van der Waals surface area contributed by atoms with Crippen LogP contribution in [-0.2, 0) is 18.3 Å². The number of hydrogen-bond acceptors (Lipinski definition) is 5. The molecule has 3 N–H and O–H groups in total. The Morgan fingerprint density at radius 3 is 2.81 bits per heavy atom. The van der Waals surface area contributed by atoms with Crippen LogP contribution in [0.1, 0.15) is 17.8 Å². The highest BCUT2D eigenvalue weighted by Crippen LogP contribution is 2.15. The smallest absolute Gasteiger partial charge is 0.329 e. The molecule has 2 heterocycles. The summed E-state index contributed by atoms with van der Waals surface area (Å²) >= 11 is 0. The minimum atomic E-state index is -0.531. The molecule has 0 spiro atoms. The maximum Gasteiger partial charge on any atom is 0.329 e. The quantitative estimate of drug-likeness (QED) is 0.519. The number of para-hydroxylation sites is 1. The van der Waals surface area contributed by atoms with Crippen LogP contribution < -0.4 is 21.3 Å².